The van der Waals surface area contributed by atoms with E-state index in [0.29, 0.717) is 11.1 Å². The number of benzene rings is 2. The molecule has 4 rings (SSSR count). The fourth-order valence-corrected chi connectivity index (χ4v) is 4.55. The van der Waals surface area contributed by atoms with Gasteiger partial charge in [-0.2, -0.15) is 0 Å². The van der Waals surface area contributed by atoms with Crippen LogP contribution in [-0.4, -0.2) is 45.7 Å². The lowest BCUT2D eigenvalue weighted by Crippen LogP contribution is -2.51. The summed E-state index contributed by atoms with van der Waals surface area (Å²) in [6.45, 7) is -0.682. The van der Waals surface area contributed by atoms with E-state index in [2.05, 4.69) is 5.32 Å². The summed E-state index contributed by atoms with van der Waals surface area (Å²) < 4.78 is 27.0. The van der Waals surface area contributed by atoms with E-state index >= 15 is 0 Å². The van der Waals surface area contributed by atoms with Crippen molar-refractivity contribution in [3.05, 3.63) is 58.6 Å². The van der Waals surface area contributed by atoms with E-state index in [1.807, 2.05) is 0 Å². The van der Waals surface area contributed by atoms with Crippen LogP contribution < -0.4 is 5.32 Å². The molecule has 1 saturated carbocycles. The fraction of sp³-hybridized carbons (Fsp3) is 0.348. The lowest BCUT2D eigenvalue weighted by molar-refractivity contribution is -0.135. The van der Waals surface area contributed by atoms with Crippen LogP contribution in [0.15, 0.2) is 42.5 Å². The number of alkyl halides is 2. The third-order valence-electron chi connectivity index (χ3n) is 6.15. The van der Waals surface area contributed by atoms with Gasteiger partial charge in [0.1, 0.15) is 5.54 Å². The van der Waals surface area contributed by atoms with E-state index in [1.165, 1.54) is 12.1 Å². The van der Waals surface area contributed by atoms with Gasteiger partial charge in [0.05, 0.1) is 13.2 Å². The number of hydrogen-bond donors (Lipinski definition) is 2. The molecule has 0 atom stereocenters. The van der Waals surface area contributed by atoms with E-state index < -0.39 is 48.6 Å². The summed E-state index contributed by atoms with van der Waals surface area (Å²) in [5.74, 6) is -4.01. The van der Waals surface area contributed by atoms with Crippen molar-refractivity contribution in [3.8, 4) is 11.1 Å². The van der Waals surface area contributed by atoms with Crippen molar-refractivity contribution in [2.45, 2.75) is 43.8 Å². The number of rotatable bonds is 5. The molecule has 6 nitrogen and oxygen atoms in total. The molecule has 168 valence electrons. The first kappa shape index (κ1) is 22.4. The predicted octanol–water partition coefficient (Wildman–Crippen LogP) is 4.18. The quantitative estimate of drug-likeness (QED) is 0.515. The first-order chi connectivity index (χ1) is 15.2. The van der Waals surface area contributed by atoms with Crippen molar-refractivity contribution in [2.75, 3.05) is 6.54 Å². The molecule has 9 heteroatoms. The molecular weight excluding hydrogens is 442 g/mol. The number of carbonyl (C=O) groups excluding carboxylic acids is 3. The van der Waals surface area contributed by atoms with Gasteiger partial charge < -0.3 is 10.4 Å². The number of nitrogens with one attached hydrogen (secondary N) is 1. The third-order valence-corrected chi connectivity index (χ3v) is 6.46. The second kappa shape index (κ2) is 8.26. The van der Waals surface area contributed by atoms with Gasteiger partial charge in [-0.1, -0.05) is 48.0 Å². The molecule has 2 N–H and O–H groups in total. The first-order valence-corrected chi connectivity index (χ1v) is 10.6. The number of hydrogen-bond acceptors (Lipinski definition) is 4. The van der Waals surface area contributed by atoms with Gasteiger partial charge >= 0.3 is 6.03 Å². The maximum atomic E-state index is 13.5. The van der Waals surface area contributed by atoms with Crippen molar-refractivity contribution >= 4 is 29.3 Å². The number of ketones is 1. The number of urea groups is 1. The van der Waals surface area contributed by atoms with Crippen molar-refractivity contribution in [1.82, 2.24) is 10.2 Å². The van der Waals surface area contributed by atoms with Crippen LogP contribution in [0.5, 0.6) is 0 Å². The van der Waals surface area contributed by atoms with Crippen molar-refractivity contribution in [1.29, 1.82) is 0 Å². The van der Waals surface area contributed by atoms with Crippen LogP contribution in [0, 0.1) is 0 Å². The van der Waals surface area contributed by atoms with Crippen molar-refractivity contribution in [3.63, 3.8) is 0 Å². The van der Waals surface area contributed by atoms with Gasteiger partial charge in [0, 0.05) is 29.0 Å². The molecule has 2 fully saturated rings. The number of carbonyl (C=O) groups is 3. The number of halogens is 3. The Morgan fingerprint density at radius 2 is 1.75 bits per heavy atom. The first-order valence-electron chi connectivity index (χ1n) is 10.2. The molecular formula is C23H21ClF2N2O4. The smallest absolute Gasteiger partial charge is 0.325 e. The fourth-order valence-electron chi connectivity index (χ4n) is 4.26. The Balaban J connectivity index is 1.51. The average Bonchev–Trinajstić information content (AvgIpc) is 3.00. The molecule has 0 unspecified atom stereocenters. The highest BCUT2D eigenvalue weighted by Gasteiger charge is 2.55. The lowest BCUT2D eigenvalue weighted by atomic mass is 9.80. The minimum absolute atomic E-state index is 0.167. The monoisotopic (exact) mass is 462 g/mol. The van der Waals surface area contributed by atoms with Gasteiger partial charge in [0.2, 0.25) is 5.92 Å². The zero-order valence-electron chi connectivity index (χ0n) is 17.0. The topological polar surface area (TPSA) is 86.7 Å². The average molecular weight is 463 g/mol. The Labute approximate surface area is 188 Å². The maximum absolute atomic E-state index is 13.5. The lowest BCUT2D eigenvalue weighted by Gasteiger charge is -2.34. The molecule has 0 aromatic heterocycles. The molecule has 1 saturated heterocycles. The van der Waals surface area contributed by atoms with E-state index in [4.69, 9.17) is 11.6 Å². The summed E-state index contributed by atoms with van der Waals surface area (Å²) >= 11 is 6.39. The number of aliphatic hydroxyl groups excluding tert-OH is 1. The van der Waals surface area contributed by atoms with Gasteiger partial charge in [-0.05, 0) is 30.0 Å². The molecule has 0 bridgehead atoms. The standard InChI is InChI=1S/C23H21ClF2N2O4/c24-18-11-14(5-6-17(18)16-4-2-1-3-15(16)13-29)19(30)12-28-20(31)22(27-21(28)32)7-9-23(25,26)10-8-22/h1-6,11,29H,7-10,12-13H2,(H,27,32). The van der Waals surface area contributed by atoms with Crippen molar-refractivity contribution < 1.29 is 28.3 Å². The SMILES string of the molecule is O=C(CN1C(=O)NC2(CCC(F)(F)CC2)C1=O)c1ccc(-c2ccccc2CO)c(Cl)c1. The molecule has 1 heterocycles. The highest BCUT2D eigenvalue weighted by Crippen LogP contribution is 2.41. The Morgan fingerprint density at radius 3 is 2.41 bits per heavy atom. The summed E-state index contributed by atoms with van der Waals surface area (Å²) in [7, 11) is 0. The van der Waals surface area contributed by atoms with E-state index in [9.17, 15) is 28.3 Å². The zero-order valence-corrected chi connectivity index (χ0v) is 17.8. The molecule has 1 spiro atoms. The van der Waals surface area contributed by atoms with Crippen LogP contribution in [0.2, 0.25) is 5.02 Å². The molecule has 1 aliphatic carbocycles. The second-order valence-corrected chi connectivity index (χ2v) is 8.60. The minimum Gasteiger partial charge on any atom is -0.392 e. The Morgan fingerprint density at radius 1 is 1.06 bits per heavy atom. The Kier molecular flexibility index (Phi) is 5.77. The molecule has 1 aliphatic heterocycles. The van der Waals surface area contributed by atoms with Crippen LogP contribution in [0.4, 0.5) is 13.6 Å². The van der Waals surface area contributed by atoms with E-state index in [0.717, 1.165) is 10.5 Å². The van der Waals surface area contributed by atoms with E-state index in [-0.39, 0.29) is 30.0 Å². The van der Waals surface area contributed by atoms with Crippen LogP contribution in [0.1, 0.15) is 41.6 Å². The number of imide groups is 1. The van der Waals surface area contributed by atoms with E-state index in [1.54, 1.807) is 30.3 Å². The largest absolute Gasteiger partial charge is 0.392 e. The summed E-state index contributed by atoms with van der Waals surface area (Å²) in [4.78, 5) is 38.8. The van der Waals surface area contributed by atoms with Gasteiger partial charge in [-0.3, -0.25) is 14.5 Å². The van der Waals surface area contributed by atoms with Gasteiger partial charge in [-0.25, -0.2) is 13.6 Å². The Hall–Kier alpha value is -2.84. The van der Waals surface area contributed by atoms with Crippen LogP contribution >= 0.6 is 11.6 Å². The van der Waals surface area contributed by atoms with Crippen LogP contribution in [0.25, 0.3) is 11.1 Å². The minimum atomic E-state index is -2.85. The summed E-state index contributed by atoms with van der Waals surface area (Å²) in [6.07, 6.45) is -1.32. The number of nitrogens with zero attached hydrogens (tertiary/aromatic N) is 1. The highest BCUT2D eigenvalue weighted by atomic mass is 35.5. The molecule has 0 radical (unpaired) electrons. The molecule has 2 aromatic carbocycles. The summed E-state index contributed by atoms with van der Waals surface area (Å²) in [5.41, 5.74) is 0.872. The van der Waals surface area contributed by atoms with Gasteiger partial charge in [0.25, 0.3) is 5.91 Å². The van der Waals surface area contributed by atoms with Crippen LogP contribution in [-0.2, 0) is 11.4 Å². The number of Topliss-reactive ketones (excluding diaryl/α,β-unsaturated/α-hetero) is 1. The molecule has 3 amide bonds. The third kappa shape index (κ3) is 4.00. The van der Waals surface area contributed by atoms with Crippen LogP contribution in [0.3, 0.4) is 0 Å². The summed E-state index contributed by atoms with van der Waals surface area (Å²) in [5, 5.41) is 12.3. The van der Waals surface area contributed by atoms with Crippen molar-refractivity contribution in [2.24, 2.45) is 0 Å². The number of amides is 3. The predicted molar refractivity (Wildman–Crippen MR) is 114 cm³/mol. The zero-order chi connectivity index (χ0) is 23.1. The van der Waals surface area contributed by atoms with Gasteiger partial charge in [-0.15, -0.1) is 0 Å². The van der Waals surface area contributed by atoms with Gasteiger partial charge in [0.15, 0.2) is 5.78 Å². The molecule has 32 heavy (non-hydrogen) atoms. The second-order valence-electron chi connectivity index (χ2n) is 8.19. The summed E-state index contributed by atoms with van der Waals surface area (Å²) in [6, 6.07) is 11.0. The Bertz CT molecular complexity index is 1100. The highest BCUT2D eigenvalue weighted by molar-refractivity contribution is 6.33. The normalized spacial score (nSPS) is 19.3. The number of aliphatic hydroxyl groups is 1. The molecule has 2 aromatic rings. The maximum Gasteiger partial charge on any atom is 0.325 e. The molecule has 2 aliphatic rings.